The lowest BCUT2D eigenvalue weighted by Gasteiger charge is -1.98. The minimum Gasteiger partial charge on any atom is -0.478 e. The van der Waals surface area contributed by atoms with Crippen LogP contribution in [0, 0.1) is 0 Å². The minimum absolute atomic E-state index is 0. The van der Waals surface area contributed by atoms with Crippen molar-refractivity contribution in [3.8, 4) is 0 Å². The van der Waals surface area contributed by atoms with Gasteiger partial charge < -0.3 is 5.11 Å². The third kappa shape index (κ3) is 1.88. The maximum atomic E-state index is 10.6. The lowest BCUT2D eigenvalue weighted by atomic mass is 10.1. The maximum absolute atomic E-state index is 10.6. The number of aromatic carboxylic acids is 1. The summed E-state index contributed by atoms with van der Waals surface area (Å²) in [6.45, 7) is 0. The smallest absolute Gasteiger partial charge is 0.335 e. The van der Waals surface area contributed by atoms with E-state index in [-0.39, 0.29) is 13.5 Å². The Morgan fingerprint density at radius 1 is 1.00 bits per heavy atom. The van der Waals surface area contributed by atoms with Crippen LogP contribution in [0.5, 0.6) is 0 Å². The van der Waals surface area contributed by atoms with Crippen molar-refractivity contribution < 1.29 is 9.90 Å². The van der Waals surface area contributed by atoms with E-state index in [0.29, 0.717) is 5.56 Å². The minimum atomic E-state index is -0.884. The fraction of sp³-hybridized carbons (Fsp3) is 0. The van der Waals surface area contributed by atoms with Crippen molar-refractivity contribution in [1.29, 1.82) is 0 Å². The van der Waals surface area contributed by atoms with E-state index in [9.17, 15) is 4.79 Å². The quantitative estimate of drug-likeness (QED) is 0.778. The fourth-order valence-electron chi connectivity index (χ4n) is 1.32. The molecule has 0 heterocycles. The third-order valence-corrected chi connectivity index (χ3v) is 2.00. The largest absolute Gasteiger partial charge is 0.478 e. The highest BCUT2D eigenvalue weighted by molar-refractivity contribution is 7.59. The van der Waals surface area contributed by atoms with Crippen LogP contribution in [0.1, 0.15) is 10.4 Å². The first-order valence-electron chi connectivity index (χ1n) is 3.99. The van der Waals surface area contributed by atoms with Crippen molar-refractivity contribution in [3.05, 3.63) is 48.0 Å². The molecule has 1 N–H and O–H groups in total. The molecule has 0 atom stereocenters. The summed E-state index contributed by atoms with van der Waals surface area (Å²) in [5.74, 6) is -0.884. The second-order valence-corrected chi connectivity index (χ2v) is 2.87. The van der Waals surface area contributed by atoms with Crippen LogP contribution in [0.2, 0.25) is 0 Å². The zero-order chi connectivity index (χ0) is 9.26. The molecule has 0 aromatic heterocycles. The molecule has 0 bridgehead atoms. The topological polar surface area (TPSA) is 37.3 Å². The van der Waals surface area contributed by atoms with E-state index in [1.165, 1.54) is 0 Å². The normalized spacial score (nSPS) is 9.43. The summed E-state index contributed by atoms with van der Waals surface area (Å²) in [4.78, 5) is 10.6. The van der Waals surface area contributed by atoms with Crippen LogP contribution in [0.15, 0.2) is 42.5 Å². The molecule has 0 radical (unpaired) electrons. The molecule has 0 saturated carbocycles. The standard InChI is InChI=1S/C11H8O2.H2S/c12-11(13)10-6-5-8-3-1-2-4-9(8)7-10;/h1-7H,(H,12,13);1H2. The van der Waals surface area contributed by atoms with Gasteiger partial charge in [-0.05, 0) is 22.9 Å². The highest BCUT2D eigenvalue weighted by Gasteiger charge is 2.01. The molecule has 72 valence electrons. The highest BCUT2D eigenvalue weighted by Crippen LogP contribution is 2.15. The van der Waals surface area contributed by atoms with Gasteiger partial charge in [0.25, 0.3) is 0 Å². The molecule has 0 aliphatic heterocycles. The Bertz CT molecular complexity index is 466. The van der Waals surface area contributed by atoms with Crippen molar-refractivity contribution in [2.24, 2.45) is 0 Å². The summed E-state index contributed by atoms with van der Waals surface area (Å²) in [6, 6.07) is 12.8. The van der Waals surface area contributed by atoms with Gasteiger partial charge in [-0.3, -0.25) is 0 Å². The predicted molar refractivity (Wildman–Crippen MR) is 61.3 cm³/mol. The number of hydrogen-bond acceptors (Lipinski definition) is 1. The van der Waals surface area contributed by atoms with E-state index in [4.69, 9.17) is 5.11 Å². The highest BCUT2D eigenvalue weighted by atomic mass is 32.1. The van der Waals surface area contributed by atoms with Crippen LogP contribution >= 0.6 is 13.5 Å². The molecular formula is C11H10O2S. The molecule has 2 aromatic carbocycles. The third-order valence-electron chi connectivity index (χ3n) is 2.00. The van der Waals surface area contributed by atoms with Crippen molar-refractivity contribution in [1.82, 2.24) is 0 Å². The van der Waals surface area contributed by atoms with Gasteiger partial charge in [0, 0.05) is 0 Å². The fourth-order valence-corrected chi connectivity index (χ4v) is 1.32. The average molecular weight is 206 g/mol. The number of fused-ring (bicyclic) bond motifs is 1. The van der Waals surface area contributed by atoms with E-state index in [0.717, 1.165) is 10.8 Å². The number of rotatable bonds is 1. The van der Waals surface area contributed by atoms with Crippen LogP contribution in [0.4, 0.5) is 0 Å². The van der Waals surface area contributed by atoms with E-state index in [1.807, 2.05) is 30.3 Å². The second kappa shape index (κ2) is 4.15. The molecule has 2 rings (SSSR count). The van der Waals surface area contributed by atoms with E-state index < -0.39 is 5.97 Å². The zero-order valence-electron chi connectivity index (χ0n) is 7.40. The van der Waals surface area contributed by atoms with Crippen LogP contribution in [0.3, 0.4) is 0 Å². The Morgan fingerprint density at radius 3 is 2.29 bits per heavy atom. The lowest BCUT2D eigenvalue weighted by Crippen LogP contribution is -1.94. The van der Waals surface area contributed by atoms with E-state index >= 15 is 0 Å². The summed E-state index contributed by atoms with van der Waals surface area (Å²) in [6.07, 6.45) is 0. The molecule has 0 saturated heterocycles. The predicted octanol–water partition coefficient (Wildman–Crippen LogP) is 2.65. The van der Waals surface area contributed by atoms with Crippen LogP contribution in [-0.4, -0.2) is 11.1 Å². The Labute approximate surface area is 88.6 Å². The average Bonchev–Trinajstić information content (AvgIpc) is 2.17. The lowest BCUT2D eigenvalue weighted by molar-refractivity contribution is 0.0697. The van der Waals surface area contributed by atoms with Gasteiger partial charge in [-0.1, -0.05) is 30.3 Å². The first kappa shape index (κ1) is 10.6. The summed E-state index contributed by atoms with van der Waals surface area (Å²) in [5.41, 5.74) is 0.332. The molecule has 0 aliphatic rings. The van der Waals surface area contributed by atoms with Gasteiger partial charge in [-0.2, -0.15) is 13.5 Å². The van der Waals surface area contributed by atoms with Crippen molar-refractivity contribution in [3.63, 3.8) is 0 Å². The molecular weight excluding hydrogens is 196 g/mol. The molecule has 2 aromatic rings. The van der Waals surface area contributed by atoms with Crippen LogP contribution in [0.25, 0.3) is 10.8 Å². The molecule has 14 heavy (non-hydrogen) atoms. The zero-order valence-corrected chi connectivity index (χ0v) is 8.40. The molecule has 3 heteroatoms. The Balaban J connectivity index is 0.000000980. The molecule has 0 aliphatic carbocycles. The second-order valence-electron chi connectivity index (χ2n) is 2.87. The van der Waals surface area contributed by atoms with Crippen molar-refractivity contribution in [2.75, 3.05) is 0 Å². The first-order valence-corrected chi connectivity index (χ1v) is 3.99. The molecule has 2 nitrogen and oxygen atoms in total. The van der Waals surface area contributed by atoms with Crippen LogP contribution < -0.4 is 0 Å². The van der Waals surface area contributed by atoms with Crippen molar-refractivity contribution >= 4 is 30.2 Å². The number of benzene rings is 2. The molecule has 0 unspecified atom stereocenters. The molecule has 0 fully saturated rings. The van der Waals surface area contributed by atoms with Gasteiger partial charge in [0.2, 0.25) is 0 Å². The summed E-state index contributed by atoms with van der Waals surface area (Å²) in [7, 11) is 0. The van der Waals surface area contributed by atoms with Gasteiger partial charge in [-0.15, -0.1) is 0 Å². The van der Waals surface area contributed by atoms with Gasteiger partial charge in [-0.25, -0.2) is 4.79 Å². The number of carboxylic acids is 1. The maximum Gasteiger partial charge on any atom is 0.335 e. The molecule has 0 amide bonds. The van der Waals surface area contributed by atoms with Crippen LogP contribution in [-0.2, 0) is 0 Å². The summed E-state index contributed by atoms with van der Waals surface area (Å²) < 4.78 is 0. The van der Waals surface area contributed by atoms with Gasteiger partial charge in [0.1, 0.15) is 0 Å². The SMILES string of the molecule is O=C(O)c1ccc2ccccc2c1.S. The summed E-state index contributed by atoms with van der Waals surface area (Å²) in [5, 5.41) is 10.8. The van der Waals surface area contributed by atoms with Gasteiger partial charge in [0.15, 0.2) is 0 Å². The number of carboxylic acid groups (broad SMARTS) is 1. The molecule has 0 spiro atoms. The van der Waals surface area contributed by atoms with E-state index in [1.54, 1.807) is 12.1 Å². The number of hydrogen-bond donors (Lipinski definition) is 1. The Hall–Kier alpha value is -1.48. The first-order chi connectivity index (χ1) is 6.27. The number of carbonyl (C=O) groups is 1. The van der Waals surface area contributed by atoms with Crippen molar-refractivity contribution in [2.45, 2.75) is 0 Å². The Morgan fingerprint density at radius 2 is 1.64 bits per heavy atom. The Kier molecular flexibility index (Phi) is 3.14. The van der Waals surface area contributed by atoms with E-state index in [2.05, 4.69) is 0 Å². The van der Waals surface area contributed by atoms with Gasteiger partial charge in [0.05, 0.1) is 5.56 Å². The monoisotopic (exact) mass is 206 g/mol. The summed E-state index contributed by atoms with van der Waals surface area (Å²) >= 11 is 0. The van der Waals surface area contributed by atoms with Gasteiger partial charge >= 0.3 is 5.97 Å².